The van der Waals surface area contributed by atoms with Gasteiger partial charge in [-0.25, -0.2) is 0 Å². The third-order valence-electron chi connectivity index (χ3n) is 11.7. The van der Waals surface area contributed by atoms with Gasteiger partial charge in [0.15, 0.2) is 12.4 Å². The topological polar surface area (TPSA) is 133 Å². The Morgan fingerprint density at radius 2 is 1.75 bits per heavy atom. The van der Waals surface area contributed by atoms with E-state index >= 15 is 0 Å². The number of aromatic hydroxyl groups is 2. The Hall–Kier alpha value is -4.16. The molecule has 0 aliphatic carbocycles. The molecule has 6 rings (SSSR count). The zero-order chi connectivity index (χ0) is 38.6. The summed E-state index contributed by atoms with van der Waals surface area (Å²) < 4.78 is 17.2. The molecule has 3 aromatic carbocycles. The van der Waals surface area contributed by atoms with Crippen LogP contribution in [0.15, 0.2) is 60.7 Å². The predicted molar refractivity (Wildman–Crippen MR) is 214 cm³/mol. The largest absolute Gasteiger partial charge is 0.508 e. The molecule has 4 N–H and O–H groups in total. The van der Waals surface area contributed by atoms with Crippen LogP contribution in [0.4, 0.5) is 5.69 Å². The third-order valence-corrected chi connectivity index (χ3v) is 11.7. The summed E-state index contributed by atoms with van der Waals surface area (Å²) in [4.78, 5) is 29.8. The number of nitrogens with one attached hydrogen (secondary N) is 2. The van der Waals surface area contributed by atoms with E-state index in [-0.39, 0.29) is 29.6 Å². The van der Waals surface area contributed by atoms with Gasteiger partial charge in [-0.2, -0.15) is 0 Å². The van der Waals surface area contributed by atoms with Crippen LogP contribution in [0.1, 0.15) is 74.6 Å². The van der Waals surface area contributed by atoms with Crippen LogP contribution in [0, 0.1) is 5.92 Å². The second kappa shape index (κ2) is 19.6. The summed E-state index contributed by atoms with van der Waals surface area (Å²) in [5, 5.41) is 27.5. The van der Waals surface area contributed by atoms with Crippen molar-refractivity contribution < 1.29 is 34.0 Å². The number of benzene rings is 3. The first-order valence-corrected chi connectivity index (χ1v) is 20.3. The number of nitrogens with zero attached hydrogens (tertiary/aromatic N) is 2. The molecular weight excluding hydrogens is 697 g/mol. The molecule has 3 aliphatic rings. The maximum absolute atomic E-state index is 13.5. The van der Waals surface area contributed by atoms with Crippen LogP contribution in [0.2, 0.25) is 0 Å². The molecule has 0 aromatic heterocycles. The van der Waals surface area contributed by atoms with Crippen LogP contribution in [0.5, 0.6) is 17.2 Å². The van der Waals surface area contributed by atoms with Gasteiger partial charge >= 0.3 is 0 Å². The molecule has 0 unspecified atom stereocenters. The number of hydrogen-bond acceptors (Lipinski definition) is 9. The lowest BCUT2D eigenvalue weighted by molar-refractivity contribution is -0.132. The van der Waals surface area contributed by atoms with Gasteiger partial charge < -0.3 is 44.9 Å². The second-order valence-electron chi connectivity index (χ2n) is 15.6. The number of rotatable bonds is 18. The molecule has 2 fully saturated rings. The fourth-order valence-electron chi connectivity index (χ4n) is 8.33. The van der Waals surface area contributed by atoms with Crippen molar-refractivity contribution in [1.29, 1.82) is 0 Å². The summed E-state index contributed by atoms with van der Waals surface area (Å²) in [6.45, 7) is 11.4. The van der Waals surface area contributed by atoms with E-state index in [9.17, 15) is 19.8 Å². The normalized spacial score (nSPS) is 17.4. The Morgan fingerprint density at radius 3 is 2.51 bits per heavy atom. The van der Waals surface area contributed by atoms with E-state index in [0.29, 0.717) is 87.8 Å². The smallest absolute Gasteiger partial charge is 0.262 e. The predicted octanol–water partition coefficient (Wildman–Crippen LogP) is 5.65. The minimum atomic E-state index is -0.287. The Bertz CT molecular complexity index is 1700. The summed E-state index contributed by atoms with van der Waals surface area (Å²) in [5.74, 6) is 1.21. The van der Waals surface area contributed by atoms with Crippen molar-refractivity contribution in [3.8, 4) is 17.2 Å². The monoisotopic (exact) mass is 756 g/mol. The van der Waals surface area contributed by atoms with Crippen molar-refractivity contribution >= 4 is 17.5 Å². The highest BCUT2D eigenvalue weighted by Crippen LogP contribution is 2.46. The summed E-state index contributed by atoms with van der Waals surface area (Å²) >= 11 is 0. The first kappa shape index (κ1) is 40.5. The summed E-state index contributed by atoms with van der Waals surface area (Å²) in [7, 11) is 0. The molecule has 3 aromatic rings. The molecule has 0 spiro atoms. The molecule has 298 valence electrons. The van der Waals surface area contributed by atoms with Crippen LogP contribution >= 0.6 is 0 Å². The Balaban J connectivity index is 0.995. The molecule has 3 aliphatic heterocycles. The van der Waals surface area contributed by atoms with Crippen LogP contribution in [0.25, 0.3) is 0 Å². The van der Waals surface area contributed by atoms with Gasteiger partial charge in [0.05, 0.1) is 19.6 Å². The number of phenols is 2. The fourth-order valence-corrected chi connectivity index (χ4v) is 8.33. The number of carbonyl (C=O) groups is 2. The zero-order valence-electron chi connectivity index (χ0n) is 32.7. The zero-order valence-corrected chi connectivity index (χ0v) is 32.7. The van der Waals surface area contributed by atoms with E-state index in [1.807, 2.05) is 29.2 Å². The molecule has 11 heteroatoms. The van der Waals surface area contributed by atoms with Gasteiger partial charge in [-0.05, 0) is 113 Å². The first-order valence-electron chi connectivity index (χ1n) is 20.3. The average molecular weight is 757 g/mol. The number of phenolic OH excluding ortho intramolecular Hbond substituents is 2. The molecule has 2 amide bonds. The van der Waals surface area contributed by atoms with Crippen LogP contribution < -0.4 is 15.4 Å². The van der Waals surface area contributed by atoms with Crippen molar-refractivity contribution in [1.82, 2.24) is 15.1 Å². The molecule has 55 heavy (non-hydrogen) atoms. The van der Waals surface area contributed by atoms with Gasteiger partial charge in [0, 0.05) is 49.9 Å². The lowest BCUT2D eigenvalue weighted by Crippen LogP contribution is -2.45. The maximum Gasteiger partial charge on any atom is 0.262 e. The number of amides is 2. The first-order chi connectivity index (χ1) is 26.7. The van der Waals surface area contributed by atoms with Gasteiger partial charge in [0.25, 0.3) is 5.91 Å². The molecule has 0 radical (unpaired) electrons. The highest BCUT2D eigenvalue weighted by molar-refractivity contribution is 5.97. The van der Waals surface area contributed by atoms with E-state index in [0.717, 1.165) is 75.1 Å². The van der Waals surface area contributed by atoms with Gasteiger partial charge in [0.2, 0.25) is 5.91 Å². The maximum atomic E-state index is 13.5. The number of piperidine rings is 1. The Labute approximate surface area is 326 Å². The molecule has 3 heterocycles. The fraction of sp³-hybridized carbons (Fsp3) is 0.545. The highest BCUT2D eigenvalue weighted by Gasteiger charge is 2.40. The standard InChI is InChI=1S/C44H60N4O7/c1-32(2)47-23-18-44(19-24-47,36-6-4-3-5-7-36)37-30-34(8-10-38(37)49)16-28-54-29-17-41(52)48(22-13-33-14-26-53-27-15-33)25-21-45-20-12-35-9-11-39(50)42-43(35)55-31-40(51)46-42/h3-11,30,32-33,45,49-50H,12-29,31H2,1-2H3,(H,46,51). The number of ether oxygens (including phenoxy) is 3. The number of fused-ring (bicyclic) bond motifs is 1. The van der Waals surface area contributed by atoms with Crippen LogP contribution in [0.3, 0.4) is 0 Å². The Kier molecular flexibility index (Phi) is 14.4. The van der Waals surface area contributed by atoms with Gasteiger partial charge in [-0.3, -0.25) is 9.59 Å². The van der Waals surface area contributed by atoms with E-state index in [1.54, 1.807) is 6.07 Å². The Morgan fingerprint density at radius 1 is 0.982 bits per heavy atom. The second-order valence-corrected chi connectivity index (χ2v) is 15.6. The molecule has 0 atom stereocenters. The molecular formula is C44H60N4O7. The molecule has 2 saturated heterocycles. The summed E-state index contributed by atoms with van der Waals surface area (Å²) in [6, 6.07) is 20.5. The van der Waals surface area contributed by atoms with Crippen molar-refractivity contribution in [2.24, 2.45) is 5.92 Å². The van der Waals surface area contributed by atoms with Crippen molar-refractivity contribution in [3.05, 3.63) is 82.9 Å². The van der Waals surface area contributed by atoms with Crippen molar-refractivity contribution in [2.45, 2.75) is 76.7 Å². The summed E-state index contributed by atoms with van der Waals surface area (Å²) in [5.41, 5.74) is 4.33. The number of likely N-dealkylation sites (tertiary alicyclic amines) is 1. The number of hydrogen-bond donors (Lipinski definition) is 4. The lowest BCUT2D eigenvalue weighted by Gasteiger charge is -2.44. The van der Waals surface area contributed by atoms with Crippen molar-refractivity contribution in [2.75, 3.05) is 77.6 Å². The lowest BCUT2D eigenvalue weighted by atomic mass is 9.67. The minimum absolute atomic E-state index is 0.0122. The molecule has 0 bridgehead atoms. The van der Waals surface area contributed by atoms with Crippen LogP contribution in [-0.2, 0) is 37.3 Å². The summed E-state index contributed by atoms with van der Waals surface area (Å²) in [6.07, 6.45) is 6.58. The van der Waals surface area contributed by atoms with E-state index in [4.69, 9.17) is 14.2 Å². The minimum Gasteiger partial charge on any atom is -0.508 e. The van der Waals surface area contributed by atoms with Gasteiger partial charge in [-0.1, -0.05) is 48.5 Å². The quantitative estimate of drug-likeness (QED) is 0.0962. The average Bonchev–Trinajstić information content (AvgIpc) is 3.20. The molecule has 11 nitrogen and oxygen atoms in total. The molecule has 0 saturated carbocycles. The SMILES string of the molecule is CC(C)N1CCC(c2ccccc2)(c2cc(CCOCCC(=O)N(CCNCCc3ccc(O)c4c3OCC(=O)N4)CCC3CCOCC3)ccc2O)CC1. The van der Waals surface area contributed by atoms with E-state index in [1.165, 1.54) is 5.56 Å². The highest BCUT2D eigenvalue weighted by atomic mass is 16.5. The van der Waals surface area contributed by atoms with E-state index < -0.39 is 0 Å². The van der Waals surface area contributed by atoms with E-state index in [2.05, 4.69) is 59.7 Å². The number of anilines is 1. The van der Waals surface area contributed by atoms with Gasteiger partial charge in [0.1, 0.15) is 17.2 Å². The number of carbonyl (C=O) groups excluding carboxylic acids is 2. The van der Waals surface area contributed by atoms with Crippen molar-refractivity contribution in [3.63, 3.8) is 0 Å². The van der Waals surface area contributed by atoms with Gasteiger partial charge in [-0.15, -0.1) is 0 Å². The van der Waals surface area contributed by atoms with Crippen LogP contribution in [-0.4, -0.2) is 110 Å². The third kappa shape index (κ3) is 10.6.